The Morgan fingerprint density at radius 1 is 0.882 bits per heavy atom. The predicted molar refractivity (Wildman–Crippen MR) is 111 cm³/mol. The van der Waals surface area contributed by atoms with Crippen molar-refractivity contribution in [3.63, 3.8) is 0 Å². The number of halogens is 6. The highest BCUT2D eigenvalue weighted by Crippen LogP contribution is 2.34. The van der Waals surface area contributed by atoms with Gasteiger partial charge in [0.2, 0.25) is 11.6 Å². The molecular formula is C25H16F6O3. The van der Waals surface area contributed by atoms with Gasteiger partial charge in [0, 0.05) is 12.5 Å². The summed E-state index contributed by atoms with van der Waals surface area (Å²) in [5, 5.41) is 0. The normalized spacial score (nSPS) is 10.9. The van der Waals surface area contributed by atoms with Crippen molar-refractivity contribution >= 4 is 5.97 Å². The van der Waals surface area contributed by atoms with Gasteiger partial charge >= 0.3 is 5.97 Å². The summed E-state index contributed by atoms with van der Waals surface area (Å²) in [5.74, 6) is -8.11. The molecular weight excluding hydrogens is 462 g/mol. The zero-order chi connectivity index (χ0) is 25.0. The van der Waals surface area contributed by atoms with Crippen LogP contribution in [0, 0.1) is 35.1 Å². The number of alkyl halides is 2. The quantitative estimate of drug-likeness (QED) is 0.141. The second kappa shape index (κ2) is 9.91. The van der Waals surface area contributed by atoms with Crippen LogP contribution in [0.3, 0.4) is 0 Å². The fourth-order valence-corrected chi connectivity index (χ4v) is 2.89. The van der Waals surface area contributed by atoms with Gasteiger partial charge in [-0.05, 0) is 43.3 Å². The minimum Gasteiger partial charge on any atom is -0.488 e. The summed E-state index contributed by atoms with van der Waals surface area (Å²) in [6.07, 6.45) is 0. The fraction of sp³-hybridized carbons (Fsp3) is 0.160. The molecule has 0 unspecified atom stereocenters. The molecule has 0 spiro atoms. The summed E-state index contributed by atoms with van der Waals surface area (Å²) in [6.45, 7) is 1.85. The molecule has 0 aliphatic carbocycles. The highest BCUT2D eigenvalue weighted by Gasteiger charge is 2.29. The predicted octanol–water partition coefficient (Wildman–Crippen LogP) is 6.37. The van der Waals surface area contributed by atoms with Gasteiger partial charge in [-0.25, -0.2) is 22.4 Å². The molecule has 34 heavy (non-hydrogen) atoms. The molecule has 176 valence electrons. The van der Waals surface area contributed by atoms with Crippen LogP contribution in [-0.2, 0) is 5.92 Å². The zero-order valence-electron chi connectivity index (χ0n) is 17.8. The van der Waals surface area contributed by atoms with Gasteiger partial charge in [0.15, 0.2) is 17.4 Å². The molecule has 3 aromatic carbocycles. The molecule has 0 atom stereocenters. The molecule has 0 amide bonds. The second-order valence-electron chi connectivity index (χ2n) is 6.99. The fourth-order valence-electron chi connectivity index (χ4n) is 2.89. The Labute approximate surface area is 190 Å². The van der Waals surface area contributed by atoms with Crippen LogP contribution in [0.4, 0.5) is 26.3 Å². The molecule has 0 bridgehead atoms. The molecule has 3 aromatic rings. The number of rotatable bonds is 5. The van der Waals surface area contributed by atoms with Crippen LogP contribution in [0.25, 0.3) is 0 Å². The smallest absolute Gasteiger partial charge is 0.343 e. The maximum atomic E-state index is 14.1. The average molecular weight is 478 g/mol. The van der Waals surface area contributed by atoms with Gasteiger partial charge in [-0.2, -0.15) is 8.78 Å². The zero-order valence-corrected chi connectivity index (χ0v) is 17.8. The summed E-state index contributed by atoms with van der Waals surface area (Å²) in [6, 6.07) is 10.2. The topological polar surface area (TPSA) is 35.5 Å². The van der Waals surface area contributed by atoms with E-state index in [2.05, 4.69) is 10.7 Å². The van der Waals surface area contributed by atoms with Crippen LogP contribution < -0.4 is 9.47 Å². The molecule has 0 saturated carbocycles. The van der Waals surface area contributed by atoms with E-state index < -0.39 is 52.0 Å². The average Bonchev–Trinajstić information content (AvgIpc) is 2.80. The lowest BCUT2D eigenvalue weighted by molar-refractivity contribution is 0.0147. The van der Waals surface area contributed by atoms with Crippen molar-refractivity contribution in [2.45, 2.75) is 19.8 Å². The Hall–Kier alpha value is -3.93. The molecule has 0 N–H and O–H groups in total. The summed E-state index contributed by atoms with van der Waals surface area (Å²) in [7, 11) is 0. The van der Waals surface area contributed by atoms with Crippen LogP contribution in [-0.4, -0.2) is 12.6 Å². The molecule has 3 rings (SSSR count). The second-order valence-corrected chi connectivity index (χ2v) is 6.99. The Kier molecular flexibility index (Phi) is 7.20. The van der Waals surface area contributed by atoms with Crippen LogP contribution in [0.15, 0.2) is 48.5 Å². The van der Waals surface area contributed by atoms with E-state index in [0.29, 0.717) is 6.92 Å². The minimum atomic E-state index is -3.24. The first-order chi connectivity index (χ1) is 16.0. The molecule has 0 heterocycles. The number of hydrogen-bond acceptors (Lipinski definition) is 3. The third kappa shape index (κ3) is 5.17. The van der Waals surface area contributed by atoms with Crippen LogP contribution in [0.5, 0.6) is 11.5 Å². The van der Waals surface area contributed by atoms with Crippen molar-refractivity contribution in [3.8, 4) is 23.3 Å². The van der Waals surface area contributed by atoms with Crippen molar-refractivity contribution in [2.24, 2.45) is 0 Å². The minimum absolute atomic E-state index is 0.0183. The van der Waals surface area contributed by atoms with Gasteiger partial charge in [-0.15, -0.1) is 0 Å². The van der Waals surface area contributed by atoms with Crippen molar-refractivity contribution < 1.29 is 40.6 Å². The van der Waals surface area contributed by atoms with Gasteiger partial charge in [-0.1, -0.05) is 24.0 Å². The van der Waals surface area contributed by atoms with Crippen molar-refractivity contribution in [1.29, 1.82) is 0 Å². The lowest BCUT2D eigenvalue weighted by Crippen LogP contribution is -2.14. The molecule has 9 heteroatoms. The van der Waals surface area contributed by atoms with E-state index in [0.717, 1.165) is 6.07 Å². The molecule has 0 saturated heterocycles. The SMILES string of the molecule is CCOc1c(F)c(F)c(C#Cc2ccc(C(=O)Oc3ccccc3C(C)(F)F)cc2)c(F)c1F. The third-order valence-electron chi connectivity index (χ3n) is 4.53. The van der Waals surface area contributed by atoms with E-state index in [-0.39, 0.29) is 23.5 Å². The highest BCUT2D eigenvalue weighted by molar-refractivity contribution is 5.91. The Morgan fingerprint density at radius 3 is 2.03 bits per heavy atom. The summed E-state index contributed by atoms with van der Waals surface area (Å²) in [4.78, 5) is 12.3. The van der Waals surface area contributed by atoms with Crippen molar-refractivity contribution in [3.05, 3.63) is 94.1 Å². The van der Waals surface area contributed by atoms with E-state index >= 15 is 0 Å². The first kappa shape index (κ1) is 24.7. The summed E-state index contributed by atoms with van der Waals surface area (Å²) < 4.78 is 93.3. The standard InChI is InChI=1S/C25H16F6O3/c1-3-33-23-21(28)19(26)16(20(27)22(23)29)13-10-14-8-11-15(12-9-14)24(32)34-18-7-5-4-6-17(18)25(2,30)31/h4-9,11-12H,3H2,1-2H3. The number of para-hydroxylation sites is 1. The van der Waals surface area contributed by atoms with Gasteiger partial charge in [0.25, 0.3) is 5.92 Å². The number of benzene rings is 3. The van der Waals surface area contributed by atoms with Gasteiger partial charge in [0.1, 0.15) is 11.3 Å². The number of hydrogen-bond donors (Lipinski definition) is 0. The van der Waals surface area contributed by atoms with Gasteiger partial charge in [-0.3, -0.25) is 0 Å². The Morgan fingerprint density at radius 2 is 1.47 bits per heavy atom. The van der Waals surface area contributed by atoms with Gasteiger partial charge < -0.3 is 9.47 Å². The van der Waals surface area contributed by atoms with Crippen LogP contribution >= 0.6 is 0 Å². The molecule has 0 aromatic heterocycles. The maximum Gasteiger partial charge on any atom is 0.343 e. The molecule has 0 aliphatic heterocycles. The number of carbonyl (C=O) groups is 1. The number of ether oxygens (including phenoxy) is 2. The summed E-state index contributed by atoms with van der Waals surface area (Å²) >= 11 is 0. The highest BCUT2D eigenvalue weighted by atomic mass is 19.3. The maximum absolute atomic E-state index is 14.1. The Balaban J connectivity index is 1.84. The molecule has 0 fully saturated rings. The lowest BCUT2D eigenvalue weighted by atomic mass is 10.1. The first-order valence-corrected chi connectivity index (χ1v) is 9.84. The number of esters is 1. The van der Waals surface area contributed by atoms with Crippen molar-refractivity contribution in [1.82, 2.24) is 0 Å². The van der Waals surface area contributed by atoms with Crippen LogP contribution in [0.1, 0.15) is 40.9 Å². The van der Waals surface area contributed by atoms with E-state index in [1.807, 2.05) is 5.92 Å². The molecule has 3 nitrogen and oxygen atoms in total. The van der Waals surface area contributed by atoms with E-state index in [4.69, 9.17) is 4.74 Å². The first-order valence-electron chi connectivity index (χ1n) is 9.84. The third-order valence-corrected chi connectivity index (χ3v) is 4.53. The molecule has 0 radical (unpaired) electrons. The van der Waals surface area contributed by atoms with Crippen LogP contribution in [0.2, 0.25) is 0 Å². The van der Waals surface area contributed by atoms with Gasteiger partial charge in [0.05, 0.1) is 17.7 Å². The largest absolute Gasteiger partial charge is 0.488 e. The molecule has 0 aliphatic rings. The summed E-state index contributed by atoms with van der Waals surface area (Å²) in [5.41, 5.74) is -1.47. The van der Waals surface area contributed by atoms with E-state index in [1.165, 1.54) is 49.4 Å². The number of carbonyl (C=O) groups excluding carboxylic acids is 1. The van der Waals surface area contributed by atoms with Crippen molar-refractivity contribution in [2.75, 3.05) is 6.61 Å². The van der Waals surface area contributed by atoms with E-state index in [9.17, 15) is 31.1 Å². The van der Waals surface area contributed by atoms with E-state index in [1.54, 1.807) is 0 Å². The lowest BCUT2D eigenvalue weighted by Gasteiger charge is -2.15. The Bertz CT molecular complexity index is 1260. The monoisotopic (exact) mass is 478 g/mol.